The van der Waals surface area contributed by atoms with Gasteiger partial charge in [0.1, 0.15) is 0 Å². The summed E-state index contributed by atoms with van der Waals surface area (Å²) < 4.78 is 0. The van der Waals surface area contributed by atoms with Crippen molar-refractivity contribution in [2.75, 3.05) is 6.61 Å². The third kappa shape index (κ3) is 4.50. The van der Waals surface area contributed by atoms with Gasteiger partial charge in [0.2, 0.25) is 0 Å². The largest absolute Gasteiger partial charge is 0.396 e. The molecule has 1 unspecified atom stereocenters. The Morgan fingerprint density at radius 1 is 1.19 bits per heavy atom. The molecule has 0 spiro atoms. The van der Waals surface area contributed by atoms with E-state index < -0.39 is 11.5 Å². The lowest BCUT2D eigenvalue weighted by Crippen LogP contribution is -2.38. The maximum atomic E-state index is 10.2. The number of aliphatic hydroxyl groups is 2. The van der Waals surface area contributed by atoms with Crippen molar-refractivity contribution < 1.29 is 10.2 Å². The zero-order valence-electron chi connectivity index (χ0n) is 10.5. The van der Waals surface area contributed by atoms with Crippen molar-refractivity contribution >= 4 is 0 Å². The van der Waals surface area contributed by atoms with E-state index in [2.05, 4.69) is 20.1 Å². The Labute approximate surface area is 99.7 Å². The van der Waals surface area contributed by atoms with E-state index in [9.17, 15) is 10.2 Å². The summed E-state index contributed by atoms with van der Waals surface area (Å²) >= 11 is 0. The van der Waals surface area contributed by atoms with Gasteiger partial charge in [-0.3, -0.25) is 0 Å². The number of rotatable bonds is 10. The molecule has 0 aliphatic heterocycles. The van der Waals surface area contributed by atoms with Gasteiger partial charge in [0.25, 0.3) is 0 Å². The molecule has 94 valence electrons. The van der Waals surface area contributed by atoms with Crippen LogP contribution in [0, 0.1) is 5.41 Å². The molecule has 0 saturated carbocycles. The van der Waals surface area contributed by atoms with E-state index in [-0.39, 0.29) is 6.61 Å². The molecule has 0 aromatic carbocycles. The highest BCUT2D eigenvalue weighted by molar-refractivity contribution is 4.95. The zero-order chi connectivity index (χ0) is 12.4. The average Bonchev–Trinajstić information content (AvgIpc) is 2.28. The molecule has 2 heteroatoms. The van der Waals surface area contributed by atoms with E-state index in [4.69, 9.17) is 0 Å². The highest BCUT2D eigenvalue weighted by Crippen LogP contribution is 2.34. The van der Waals surface area contributed by atoms with Crippen molar-refractivity contribution in [1.29, 1.82) is 0 Å². The summed E-state index contributed by atoms with van der Waals surface area (Å²) in [5.41, 5.74) is -0.475. The van der Waals surface area contributed by atoms with Crippen LogP contribution < -0.4 is 0 Å². The van der Waals surface area contributed by atoms with Crippen molar-refractivity contribution in [2.45, 2.75) is 51.6 Å². The maximum absolute atomic E-state index is 10.2. The molecule has 0 rings (SSSR count). The molecule has 0 aliphatic rings. The molecule has 0 fully saturated rings. The molecule has 0 bridgehead atoms. The molecule has 2 nitrogen and oxygen atoms in total. The van der Waals surface area contributed by atoms with Crippen molar-refractivity contribution in [3.63, 3.8) is 0 Å². The Kier molecular flexibility index (Phi) is 8.22. The van der Waals surface area contributed by atoms with Crippen LogP contribution in [0.5, 0.6) is 0 Å². The summed E-state index contributed by atoms with van der Waals surface area (Å²) in [5.74, 6) is 0. The number of hydrogen-bond acceptors (Lipinski definition) is 2. The first-order valence-electron chi connectivity index (χ1n) is 6.17. The number of unbranched alkanes of at least 4 members (excludes halogenated alkanes) is 2. The maximum Gasteiger partial charge on any atom is 0.0624 e. The van der Waals surface area contributed by atoms with Crippen LogP contribution in [0.1, 0.15) is 45.4 Å². The standard InChI is InChI=1S/C14H26O2/c1-4-7-8-9-13(16)14(12-15,10-5-2)11-6-3/h5-6,13,15-16H,2-4,7-12H2,1H3. The summed E-state index contributed by atoms with van der Waals surface area (Å²) in [7, 11) is 0. The van der Waals surface area contributed by atoms with Crippen LogP contribution in [-0.2, 0) is 0 Å². The van der Waals surface area contributed by atoms with E-state index in [1.165, 1.54) is 0 Å². The van der Waals surface area contributed by atoms with E-state index in [1.54, 1.807) is 12.2 Å². The Hall–Kier alpha value is -0.600. The van der Waals surface area contributed by atoms with E-state index in [0.717, 1.165) is 25.7 Å². The normalized spacial score (nSPS) is 13.4. The molecule has 16 heavy (non-hydrogen) atoms. The fourth-order valence-electron chi connectivity index (χ4n) is 2.06. The predicted molar refractivity (Wildman–Crippen MR) is 69.3 cm³/mol. The summed E-state index contributed by atoms with van der Waals surface area (Å²) in [5, 5.41) is 19.7. The second-order valence-electron chi connectivity index (χ2n) is 4.52. The fraction of sp³-hybridized carbons (Fsp3) is 0.714. The molecule has 0 saturated heterocycles. The Bertz CT molecular complexity index is 189. The van der Waals surface area contributed by atoms with Crippen LogP contribution in [0.2, 0.25) is 0 Å². The zero-order valence-corrected chi connectivity index (χ0v) is 10.5. The first-order chi connectivity index (χ1) is 7.66. The van der Waals surface area contributed by atoms with Crippen LogP contribution in [0.3, 0.4) is 0 Å². The van der Waals surface area contributed by atoms with Gasteiger partial charge in [0.15, 0.2) is 0 Å². The van der Waals surface area contributed by atoms with Crippen molar-refractivity contribution in [1.82, 2.24) is 0 Å². The molecule has 0 aromatic rings. The molecule has 0 radical (unpaired) electrons. The van der Waals surface area contributed by atoms with Crippen molar-refractivity contribution in [2.24, 2.45) is 5.41 Å². The molecule has 0 heterocycles. The van der Waals surface area contributed by atoms with Gasteiger partial charge in [-0.05, 0) is 19.3 Å². The quantitative estimate of drug-likeness (QED) is 0.444. The number of hydrogen-bond donors (Lipinski definition) is 2. The Balaban J connectivity index is 4.44. The van der Waals surface area contributed by atoms with Gasteiger partial charge >= 0.3 is 0 Å². The van der Waals surface area contributed by atoms with Gasteiger partial charge < -0.3 is 10.2 Å². The van der Waals surface area contributed by atoms with Crippen LogP contribution in [0.15, 0.2) is 25.3 Å². The lowest BCUT2D eigenvalue weighted by Gasteiger charge is -2.35. The predicted octanol–water partition coefficient (Wildman–Crippen LogP) is 3.06. The Morgan fingerprint density at radius 2 is 1.75 bits per heavy atom. The van der Waals surface area contributed by atoms with Gasteiger partial charge in [0.05, 0.1) is 12.7 Å². The topological polar surface area (TPSA) is 40.5 Å². The smallest absolute Gasteiger partial charge is 0.0624 e. The van der Waals surface area contributed by atoms with Crippen molar-refractivity contribution in [3.8, 4) is 0 Å². The first kappa shape index (κ1) is 15.4. The second kappa shape index (κ2) is 8.54. The SMILES string of the molecule is C=CCC(CO)(CC=C)C(O)CCCCC. The highest BCUT2D eigenvalue weighted by atomic mass is 16.3. The first-order valence-corrected chi connectivity index (χ1v) is 6.17. The summed E-state index contributed by atoms with van der Waals surface area (Å²) in [6.45, 7) is 9.52. The van der Waals surface area contributed by atoms with Crippen LogP contribution >= 0.6 is 0 Å². The molecular weight excluding hydrogens is 200 g/mol. The average molecular weight is 226 g/mol. The molecule has 0 aliphatic carbocycles. The van der Waals surface area contributed by atoms with E-state index >= 15 is 0 Å². The Morgan fingerprint density at radius 3 is 2.12 bits per heavy atom. The summed E-state index contributed by atoms with van der Waals surface area (Å²) in [6, 6.07) is 0. The summed E-state index contributed by atoms with van der Waals surface area (Å²) in [6.07, 6.45) is 8.34. The van der Waals surface area contributed by atoms with Gasteiger partial charge in [-0.25, -0.2) is 0 Å². The number of aliphatic hydroxyl groups excluding tert-OH is 2. The minimum atomic E-state index is -0.475. The molecule has 2 N–H and O–H groups in total. The lowest BCUT2D eigenvalue weighted by molar-refractivity contribution is -0.0201. The molecule has 1 atom stereocenters. The minimum Gasteiger partial charge on any atom is -0.396 e. The molecular formula is C14H26O2. The van der Waals surface area contributed by atoms with Crippen LogP contribution in [0.4, 0.5) is 0 Å². The summed E-state index contributed by atoms with van der Waals surface area (Å²) in [4.78, 5) is 0. The second-order valence-corrected chi connectivity index (χ2v) is 4.52. The van der Waals surface area contributed by atoms with Crippen molar-refractivity contribution in [3.05, 3.63) is 25.3 Å². The monoisotopic (exact) mass is 226 g/mol. The number of allylic oxidation sites excluding steroid dienone is 2. The van der Waals surface area contributed by atoms with Gasteiger partial charge in [-0.2, -0.15) is 0 Å². The van der Waals surface area contributed by atoms with Crippen LogP contribution in [0.25, 0.3) is 0 Å². The lowest BCUT2D eigenvalue weighted by atomic mass is 9.75. The minimum absolute atomic E-state index is 0.0155. The molecule has 0 aromatic heterocycles. The van der Waals surface area contributed by atoms with E-state index in [0.29, 0.717) is 12.8 Å². The third-order valence-electron chi connectivity index (χ3n) is 3.20. The van der Waals surface area contributed by atoms with E-state index in [1.807, 2.05) is 0 Å². The van der Waals surface area contributed by atoms with Gasteiger partial charge in [-0.15, -0.1) is 13.2 Å². The van der Waals surface area contributed by atoms with Gasteiger partial charge in [-0.1, -0.05) is 38.3 Å². The fourth-order valence-corrected chi connectivity index (χ4v) is 2.06. The highest BCUT2D eigenvalue weighted by Gasteiger charge is 2.34. The third-order valence-corrected chi connectivity index (χ3v) is 3.20. The van der Waals surface area contributed by atoms with Crippen LogP contribution in [-0.4, -0.2) is 22.9 Å². The molecule has 0 amide bonds. The van der Waals surface area contributed by atoms with Gasteiger partial charge in [0, 0.05) is 5.41 Å².